The van der Waals surface area contributed by atoms with E-state index in [4.69, 9.17) is 0 Å². The van der Waals surface area contributed by atoms with E-state index in [1.54, 1.807) is 41.5 Å². The van der Waals surface area contributed by atoms with Crippen LogP contribution in [0.15, 0.2) is 67.3 Å². The van der Waals surface area contributed by atoms with Crippen molar-refractivity contribution in [1.29, 1.82) is 0 Å². The maximum absolute atomic E-state index is 12.8. The lowest BCUT2D eigenvalue weighted by Gasteiger charge is -2.10. The Balaban J connectivity index is 1.82. The van der Waals surface area contributed by atoms with Crippen molar-refractivity contribution in [3.05, 3.63) is 72.8 Å². The van der Waals surface area contributed by atoms with Crippen LogP contribution in [0.4, 0.5) is 5.69 Å². The lowest BCUT2D eigenvalue weighted by Crippen LogP contribution is -2.13. The van der Waals surface area contributed by atoms with E-state index >= 15 is 0 Å². The minimum absolute atomic E-state index is 0.185. The van der Waals surface area contributed by atoms with Crippen molar-refractivity contribution in [3.63, 3.8) is 0 Å². The van der Waals surface area contributed by atoms with Gasteiger partial charge in [0.05, 0.1) is 23.0 Å². The zero-order chi connectivity index (χ0) is 17.2. The molecule has 1 N–H and O–H groups in total. The van der Waals surface area contributed by atoms with E-state index in [0.717, 1.165) is 16.5 Å². The highest BCUT2D eigenvalue weighted by Crippen LogP contribution is 2.25. The van der Waals surface area contributed by atoms with Gasteiger partial charge in [0.15, 0.2) is 0 Å². The average molecular weight is 329 g/mol. The molecular weight excluding hydrogens is 314 g/mol. The molecule has 1 amide bonds. The van der Waals surface area contributed by atoms with Gasteiger partial charge in [-0.1, -0.05) is 18.2 Å². The average Bonchev–Trinajstić information content (AvgIpc) is 3.08. The Morgan fingerprint density at radius 1 is 1.12 bits per heavy atom. The van der Waals surface area contributed by atoms with E-state index in [2.05, 4.69) is 20.4 Å². The summed E-state index contributed by atoms with van der Waals surface area (Å²) in [4.78, 5) is 21.5. The number of carbonyl (C=O) groups is 1. The minimum Gasteiger partial charge on any atom is -0.322 e. The van der Waals surface area contributed by atoms with Crippen molar-refractivity contribution in [1.82, 2.24) is 19.7 Å². The van der Waals surface area contributed by atoms with Gasteiger partial charge in [0.2, 0.25) is 0 Å². The molecule has 4 aromatic rings. The summed E-state index contributed by atoms with van der Waals surface area (Å²) in [5.41, 5.74) is 3.62. The SMILES string of the molecule is Cn1cc(-c2cc(C(=O)Nc3ccncc3)c3ccccc3n2)cn1. The standard InChI is InChI=1S/C19H15N5O/c1-24-12-13(11-21-24)18-10-16(15-4-2-3-5-17(15)23-18)19(25)22-14-6-8-20-9-7-14/h2-12H,1H3,(H,20,22,25). The van der Waals surface area contributed by atoms with Crippen LogP contribution >= 0.6 is 0 Å². The fraction of sp³-hybridized carbons (Fsp3) is 0.0526. The predicted molar refractivity (Wildman–Crippen MR) is 96.1 cm³/mol. The molecule has 1 aromatic carbocycles. The maximum Gasteiger partial charge on any atom is 0.256 e. The summed E-state index contributed by atoms with van der Waals surface area (Å²) in [6, 6.07) is 12.9. The molecule has 0 aliphatic rings. The summed E-state index contributed by atoms with van der Waals surface area (Å²) in [6.45, 7) is 0. The van der Waals surface area contributed by atoms with Crippen LogP contribution in [-0.2, 0) is 7.05 Å². The van der Waals surface area contributed by atoms with Crippen molar-refractivity contribution in [2.75, 3.05) is 5.32 Å². The van der Waals surface area contributed by atoms with Gasteiger partial charge in [0.25, 0.3) is 5.91 Å². The third kappa shape index (κ3) is 2.97. The van der Waals surface area contributed by atoms with Crippen molar-refractivity contribution in [2.45, 2.75) is 0 Å². The predicted octanol–water partition coefficient (Wildman–Crippen LogP) is 3.28. The number of nitrogens with zero attached hydrogens (tertiary/aromatic N) is 4. The number of hydrogen-bond acceptors (Lipinski definition) is 4. The first kappa shape index (κ1) is 15.0. The van der Waals surface area contributed by atoms with E-state index in [9.17, 15) is 4.79 Å². The molecule has 0 saturated carbocycles. The molecule has 0 aliphatic heterocycles. The number of rotatable bonds is 3. The van der Waals surface area contributed by atoms with E-state index in [0.29, 0.717) is 16.9 Å². The fourth-order valence-corrected chi connectivity index (χ4v) is 2.70. The number of aromatic nitrogens is 4. The normalized spacial score (nSPS) is 10.8. The molecule has 0 spiro atoms. The van der Waals surface area contributed by atoms with Gasteiger partial charge in [-0.3, -0.25) is 14.5 Å². The number of aryl methyl sites for hydroxylation is 1. The first-order valence-electron chi connectivity index (χ1n) is 7.81. The fourth-order valence-electron chi connectivity index (χ4n) is 2.70. The van der Waals surface area contributed by atoms with Crippen molar-refractivity contribution in [2.24, 2.45) is 7.05 Å². The molecule has 6 heteroatoms. The molecule has 4 rings (SSSR count). The van der Waals surface area contributed by atoms with Gasteiger partial charge in [-0.15, -0.1) is 0 Å². The summed E-state index contributed by atoms with van der Waals surface area (Å²) < 4.78 is 1.71. The Kier molecular flexibility index (Phi) is 3.70. The van der Waals surface area contributed by atoms with Gasteiger partial charge in [-0.2, -0.15) is 5.10 Å². The Morgan fingerprint density at radius 3 is 2.68 bits per heavy atom. The number of nitrogens with one attached hydrogen (secondary N) is 1. The monoisotopic (exact) mass is 329 g/mol. The zero-order valence-corrected chi connectivity index (χ0v) is 13.5. The highest BCUT2D eigenvalue weighted by Gasteiger charge is 2.14. The first-order chi connectivity index (χ1) is 12.2. The number of amides is 1. The van der Waals surface area contributed by atoms with Crippen LogP contribution in [-0.4, -0.2) is 25.7 Å². The van der Waals surface area contributed by atoms with Gasteiger partial charge in [-0.05, 0) is 24.3 Å². The second-order valence-electron chi connectivity index (χ2n) is 5.66. The molecule has 0 unspecified atom stereocenters. The maximum atomic E-state index is 12.8. The Hall–Kier alpha value is -3.54. The highest BCUT2D eigenvalue weighted by molar-refractivity contribution is 6.13. The Bertz CT molecular complexity index is 1060. The molecule has 0 aliphatic carbocycles. The highest BCUT2D eigenvalue weighted by atomic mass is 16.1. The molecule has 0 radical (unpaired) electrons. The third-order valence-corrected chi connectivity index (χ3v) is 3.90. The van der Waals surface area contributed by atoms with Gasteiger partial charge in [0, 0.05) is 42.3 Å². The van der Waals surface area contributed by atoms with E-state index < -0.39 is 0 Å². The van der Waals surface area contributed by atoms with E-state index in [1.807, 2.05) is 37.5 Å². The molecule has 25 heavy (non-hydrogen) atoms. The second kappa shape index (κ2) is 6.16. The minimum atomic E-state index is -0.185. The molecule has 3 aromatic heterocycles. The van der Waals surface area contributed by atoms with Crippen LogP contribution in [0.25, 0.3) is 22.2 Å². The zero-order valence-electron chi connectivity index (χ0n) is 13.5. The van der Waals surface area contributed by atoms with Crippen molar-refractivity contribution in [3.8, 4) is 11.3 Å². The summed E-state index contributed by atoms with van der Waals surface area (Å²) in [6.07, 6.45) is 6.89. The quantitative estimate of drug-likeness (QED) is 0.626. The number of para-hydroxylation sites is 1. The van der Waals surface area contributed by atoms with Gasteiger partial charge in [0.1, 0.15) is 0 Å². The van der Waals surface area contributed by atoms with Crippen molar-refractivity contribution >= 4 is 22.5 Å². The molecular formula is C19H15N5O. The number of benzene rings is 1. The molecule has 122 valence electrons. The molecule has 0 atom stereocenters. The molecule has 0 fully saturated rings. The van der Waals surface area contributed by atoms with Gasteiger partial charge < -0.3 is 5.32 Å². The Labute approximate surface area is 144 Å². The van der Waals surface area contributed by atoms with Crippen molar-refractivity contribution < 1.29 is 4.79 Å². The first-order valence-corrected chi connectivity index (χ1v) is 7.81. The van der Waals surface area contributed by atoms with Crippen LogP contribution in [0.3, 0.4) is 0 Å². The third-order valence-electron chi connectivity index (χ3n) is 3.90. The lowest BCUT2D eigenvalue weighted by atomic mass is 10.0. The van der Waals surface area contributed by atoms with Crippen LogP contribution in [0, 0.1) is 0 Å². The number of fused-ring (bicyclic) bond motifs is 1. The molecule has 6 nitrogen and oxygen atoms in total. The van der Waals surface area contributed by atoms with Crippen LogP contribution in [0.5, 0.6) is 0 Å². The topological polar surface area (TPSA) is 72.7 Å². The summed E-state index contributed by atoms with van der Waals surface area (Å²) in [5, 5.41) is 7.90. The van der Waals surface area contributed by atoms with Gasteiger partial charge in [-0.25, -0.2) is 4.98 Å². The molecule has 0 bridgehead atoms. The van der Waals surface area contributed by atoms with Crippen LogP contribution in [0.2, 0.25) is 0 Å². The summed E-state index contributed by atoms with van der Waals surface area (Å²) >= 11 is 0. The lowest BCUT2D eigenvalue weighted by molar-refractivity contribution is 0.102. The number of anilines is 1. The Morgan fingerprint density at radius 2 is 1.92 bits per heavy atom. The van der Waals surface area contributed by atoms with Crippen LogP contribution < -0.4 is 5.32 Å². The number of carbonyl (C=O) groups excluding carboxylic acids is 1. The second-order valence-corrected chi connectivity index (χ2v) is 5.66. The summed E-state index contributed by atoms with van der Waals surface area (Å²) in [5.74, 6) is -0.185. The molecule has 0 saturated heterocycles. The van der Waals surface area contributed by atoms with E-state index in [-0.39, 0.29) is 5.91 Å². The largest absolute Gasteiger partial charge is 0.322 e. The smallest absolute Gasteiger partial charge is 0.256 e. The van der Waals surface area contributed by atoms with Crippen LogP contribution in [0.1, 0.15) is 10.4 Å². The van der Waals surface area contributed by atoms with E-state index in [1.165, 1.54) is 0 Å². The summed E-state index contributed by atoms with van der Waals surface area (Å²) in [7, 11) is 1.85. The van der Waals surface area contributed by atoms with Gasteiger partial charge >= 0.3 is 0 Å². The number of hydrogen-bond donors (Lipinski definition) is 1. The number of pyridine rings is 2. The molecule has 3 heterocycles.